The molecule has 2 aliphatic carbocycles. The van der Waals surface area contributed by atoms with Gasteiger partial charge in [0.05, 0.1) is 29.8 Å². The van der Waals surface area contributed by atoms with Crippen molar-refractivity contribution < 1.29 is 31.9 Å². The number of primary amides is 1. The molecule has 5 rings (SSSR count). The summed E-state index contributed by atoms with van der Waals surface area (Å²) >= 11 is 0. The maximum Gasteiger partial charge on any atom is 0.266 e. The lowest BCUT2D eigenvalue weighted by molar-refractivity contribution is -0.128. The maximum atomic E-state index is 14.1. The number of amides is 2. The zero-order valence-corrected chi connectivity index (χ0v) is 23.5. The highest BCUT2D eigenvalue weighted by Gasteiger charge is 2.41. The second-order valence-electron chi connectivity index (χ2n) is 11.6. The standard InChI is InChI=1S/C28H35F4N7O3/c1-15(2)39-21(27(33)41)10-19(37-39)25(16-5-7-28(31,32)8-6-16)20-12-38-23(35-20)9-18(11-34-38)26(17-3-4-17)36-24(40)14-42-13-22(29)30/h9-12,15-17,22,25-26H,3-8,13-14H2,1-2H3,(H2,33,41)(H,36,40)/t25-,26-/m1/s1. The molecule has 3 heterocycles. The van der Waals surface area contributed by atoms with Crippen LogP contribution in [0.3, 0.4) is 0 Å². The summed E-state index contributed by atoms with van der Waals surface area (Å²) in [7, 11) is 0. The number of carbonyl (C=O) groups is 2. The molecule has 3 aromatic heterocycles. The smallest absolute Gasteiger partial charge is 0.266 e. The first-order chi connectivity index (χ1) is 19.9. The highest BCUT2D eigenvalue weighted by Crippen LogP contribution is 2.45. The van der Waals surface area contributed by atoms with Crippen molar-refractivity contribution in [2.24, 2.45) is 17.6 Å². The van der Waals surface area contributed by atoms with E-state index in [1.807, 2.05) is 13.8 Å². The molecule has 42 heavy (non-hydrogen) atoms. The number of aromatic nitrogens is 5. The minimum absolute atomic E-state index is 0.154. The number of hydrogen-bond acceptors (Lipinski definition) is 6. The fourth-order valence-corrected chi connectivity index (χ4v) is 5.76. The van der Waals surface area contributed by atoms with E-state index in [9.17, 15) is 27.2 Å². The Morgan fingerprint density at radius 1 is 1.12 bits per heavy atom. The van der Waals surface area contributed by atoms with E-state index in [-0.39, 0.29) is 55.3 Å². The van der Waals surface area contributed by atoms with Crippen molar-refractivity contribution in [3.63, 3.8) is 0 Å². The molecule has 10 nitrogen and oxygen atoms in total. The molecular weight excluding hydrogens is 558 g/mol. The summed E-state index contributed by atoms with van der Waals surface area (Å²) in [6, 6.07) is 2.88. The first kappa shape index (κ1) is 29.9. The van der Waals surface area contributed by atoms with E-state index in [1.54, 1.807) is 33.7 Å². The molecule has 14 heteroatoms. The molecule has 0 spiro atoms. The van der Waals surface area contributed by atoms with Crippen molar-refractivity contribution in [2.45, 2.75) is 82.7 Å². The lowest BCUT2D eigenvalue weighted by atomic mass is 9.76. The van der Waals surface area contributed by atoms with Gasteiger partial charge in [0, 0.05) is 24.8 Å². The zero-order chi connectivity index (χ0) is 30.2. The average Bonchev–Trinajstić information content (AvgIpc) is 3.51. The van der Waals surface area contributed by atoms with Gasteiger partial charge in [0.15, 0.2) is 5.65 Å². The highest BCUT2D eigenvalue weighted by molar-refractivity contribution is 5.91. The molecule has 0 saturated heterocycles. The molecule has 228 valence electrons. The van der Waals surface area contributed by atoms with E-state index in [0.29, 0.717) is 22.6 Å². The van der Waals surface area contributed by atoms with Gasteiger partial charge in [-0.05, 0) is 69.1 Å². The van der Waals surface area contributed by atoms with Crippen LogP contribution in [0.4, 0.5) is 17.6 Å². The average molecular weight is 594 g/mol. The van der Waals surface area contributed by atoms with Crippen LogP contribution in [0.25, 0.3) is 5.65 Å². The number of hydrogen-bond donors (Lipinski definition) is 2. The molecule has 2 atom stereocenters. The van der Waals surface area contributed by atoms with Crippen molar-refractivity contribution in [3.8, 4) is 0 Å². The molecule has 0 unspecified atom stereocenters. The molecule has 3 N–H and O–H groups in total. The monoisotopic (exact) mass is 593 g/mol. The van der Waals surface area contributed by atoms with E-state index in [1.165, 1.54) is 0 Å². The predicted octanol–water partition coefficient (Wildman–Crippen LogP) is 4.41. The first-order valence-corrected chi connectivity index (χ1v) is 14.2. The van der Waals surface area contributed by atoms with Crippen LogP contribution in [0.1, 0.15) is 97.8 Å². The van der Waals surface area contributed by atoms with Gasteiger partial charge in [0.25, 0.3) is 12.3 Å². The van der Waals surface area contributed by atoms with Gasteiger partial charge >= 0.3 is 0 Å². The largest absolute Gasteiger partial charge is 0.366 e. The number of nitrogens with one attached hydrogen (secondary N) is 1. The minimum Gasteiger partial charge on any atom is -0.366 e. The topological polar surface area (TPSA) is 129 Å². The Bertz CT molecular complexity index is 1430. The molecule has 2 aliphatic rings. The normalized spacial score (nSPS) is 19.0. The quantitative estimate of drug-likeness (QED) is 0.299. The van der Waals surface area contributed by atoms with Crippen LogP contribution in [0, 0.1) is 11.8 Å². The lowest BCUT2D eigenvalue weighted by Gasteiger charge is -2.32. The van der Waals surface area contributed by atoms with Crippen LogP contribution in [0.5, 0.6) is 0 Å². The van der Waals surface area contributed by atoms with Crippen LogP contribution in [0.15, 0.2) is 24.5 Å². The summed E-state index contributed by atoms with van der Waals surface area (Å²) in [5.41, 5.74) is 8.16. The number of nitrogens with two attached hydrogens (primary N) is 1. The number of fused-ring (bicyclic) bond motifs is 1. The molecular formula is C28H35F4N7O3. The molecule has 3 aromatic rings. The number of imidazole rings is 1. The number of halogens is 4. The maximum absolute atomic E-state index is 14.1. The van der Waals surface area contributed by atoms with Gasteiger partial charge in [-0.3, -0.25) is 14.3 Å². The van der Waals surface area contributed by atoms with E-state index in [0.717, 1.165) is 12.8 Å². The fraction of sp³-hybridized carbons (Fsp3) is 0.607. The summed E-state index contributed by atoms with van der Waals surface area (Å²) in [4.78, 5) is 29.4. The second kappa shape index (κ2) is 12.0. The van der Waals surface area contributed by atoms with Crippen LogP contribution in [-0.2, 0) is 9.53 Å². The summed E-state index contributed by atoms with van der Waals surface area (Å²) in [6.45, 7) is 2.45. The van der Waals surface area contributed by atoms with Crippen LogP contribution in [-0.4, -0.2) is 61.8 Å². The number of alkyl halides is 4. The van der Waals surface area contributed by atoms with Gasteiger partial charge in [0.2, 0.25) is 11.8 Å². The molecule has 0 aromatic carbocycles. The summed E-state index contributed by atoms with van der Waals surface area (Å²) in [5, 5.41) is 12.1. The van der Waals surface area contributed by atoms with Crippen LogP contribution >= 0.6 is 0 Å². The van der Waals surface area contributed by atoms with Crippen molar-refractivity contribution in [1.29, 1.82) is 0 Å². The summed E-state index contributed by atoms with van der Waals surface area (Å²) in [5.74, 6) is -4.36. The molecule has 0 radical (unpaired) electrons. The Kier molecular flexibility index (Phi) is 8.53. The van der Waals surface area contributed by atoms with Gasteiger partial charge in [-0.1, -0.05) is 0 Å². The summed E-state index contributed by atoms with van der Waals surface area (Å²) in [6.07, 6.45) is 2.50. The van der Waals surface area contributed by atoms with Crippen molar-refractivity contribution in [1.82, 2.24) is 29.7 Å². The minimum atomic E-state index is -2.72. The summed E-state index contributed by atoms with van der Waals surface area (Å²) < 4.78 is 60.8. The number of carbonyl (C=O) groups excluding carboxylic acids is 2. The number of rotatable bonds is 12. The highest BCUT2D eigenvalue weighted by atomic mass is 19.3. The van der Waals surface area contributed by atoms with E-state index in [2.05, 4.69) is 15.5 Å². The third-order valence-corrected chi connectivity index (χ3v) is 7.97. The van der Waals surface area contributed by atoms with Crippen molar-refractivity contribution >= 4 is 17.5 Å². The van der Waals surface area contributed by atoms with Crippen molar-refractivity contribution in [3.05, 3.63) is 47.2 Å². The molecule has 0 bridgehead atoms. The Morgan fingerprint density at radius 3 is 2.43 bits per heavy atom. The lowest BCUT2D eigenvalue weighted by Crippen LogP contribution is -2.33. The van der Waals surface area contributed by atoms with Gasteiger partial charge in [0.1, 0.15) is 18.9 Å². The Morgan fingerprint density at radius 2 is 1.83 bits per heavy atom. The molecule has 2 saturated carbocycles. The van der Waals surface area contributed by atoms with Crippen molar-refractivity contribution in [2.75, 3.05) is 13.2 Å². The molecule has 0 aliphatic heterocycles. The van der Waals surface area contributed by atoms with Gasteiger partial charge in [-0.2, -0.15) is 10.2 Å². The van der Waals surface area contributed by atoms with Gasteiger partial charge < -0.3 is 15.8 Å². The Balaban J connectivity index is 1.46. The Hall–Kier alpha value is -3.55. The van der Waals surface area contributed by atoms with Crippen LogP contribution < -0.4 is 11.1 Å². The fourth-order valence-electron chi connectivity index (χ4n) is 5.76. The van der Waals surface area contributed by atoms with Crippen LogP contribution in [0.2, 0.25) is 0 Å². The SMILES string of the molecule is CC(C)n1nc([C@H](c2cn3ncc([C@H](NC(=O)COCC(F)F)C4CC4)cc3n2)C2CCC(F)(F)CC2)cc1C(N)=O. The van der Waals surface area contributed by atoms with E-state index < -0.39 is 43.3 Å². The third-order valence-electron chi connectivity index (χ3n) is 7.97. The second-order valence-corrected chi connectivity index (χ2v) is 11.6. The molecule has 2 fully saturated rings. The molecule has 2 amide bonds. The third kappa shape index (κ3) is 6.74. The number of nitrogens with zero attached hydrogens (tertiary/aromatic N) is 5. The Labute approximate surface area is 240 Å². The van der Waals surface area contributed by atoms with Gasteiger partial charge in [-0.15, -0.1) is 0 Å². The predicted molar refractivity (Wildman–Crippen MR) is 143 cm³/mol. The van der Waals surface area contributed by atoms with Gasteiger partial charge in [-0.25, -0.2) is 27.1 Å². The van der Waals surface area contributed by atoms with E-state index >= 15 is 0 Å². The van der Waals surface area contributed by atoms with E-state index in [4.69, 9.17) is 15.5 Å². The zero-order valence-electron chi connectivity index (χ0n) is 23.5. The number of ether oxygens (including phenoxy) is 1. The first-order valence-electron chi connectivity index (χ1n) is 14.2.